The summed E-state index contributed by atoms with van der Waals surface area (Å²) < 4.78 is 31.9. The van der Waals surface area contributed by atoms with E-state index in [1.54, 1.807) is 18.3 Å². The van der Waals surface area contributed by atoms with Gasteiger partial charge < -0.3 is 0 Å². The molecule has 0 aliphatic carbocycles. The fourth-order valence-corrected chi connectivity index (χ4v) is 6.27. The first-order valence-electron chi connectivity index (χ1n) is 11.6. The van der Waals surface area contributed by atoms with Gasteiger partial charge in [-0.15, -0.1) is 0 Å². The number of pyridine rings is 1. The van der Waals surface area contributed by atoms with E-state index >= 15 is 0 Å². The Kier molecular flexibility index (Phi) is 6.89. The summed E-state index contributed by atoms with van der Waals surface area (Å²) >= 11 is 5.86. The summed E-state index contributed by atoms with van der Waals surface area (Å²) in [6.45, 7) is 5.54. The van der Waals surface area contributed by atoms with Crippen LogP contribution in [0.3, 0.4) is 0 Å². The third kappa shape index (κ3) is 4.84. The summed E-state index contributed by atoms with van der Waals surface area (Å²) in [4.78, 5) is 8.81. The number of hydrogen-bond acceptors (Lipinski definition) is 7. The molecule has 0 unspecified atom stereocenters. The third-order valence-corrected chi connectivity index (χ3v) is 8.70. The number of aromatic nitrogens is 4. The van der Waals surface area contributed by atoms with Crippen molar-refractivity contribution in [2.45, 2.75) is 31.0 Å². The molecule has 9 nitrogen and oxygen atoms in total. The average Bonchev–Trinajstić information content (AvgIpc) is 3.48. The highest BCUT2D eigenvalue weighted by atomic mass is 32.2. The molecule has 2 saturated heterocycles. The monoisotopic (exact) mass is 499 g/mol. The van der Waals surface area contributed by atoms with Gasteiger partial charge in [-0.05, 0) is 62.4 Å². The number of rotatable bonds is 7. The quantitative estimate of drug-likeness (QED) is 0.462. The SMILES string of the molecule is O=S(=O)(c1cccnc1)N1CCN(Cn2nc(CN3CCCC3)n(-c3ccccc3)c2=S)CC1. The third-order valence-electron chi connectivity index (χ3n) is 6.42. The molecule has 34 heavy (non-hydrogen) atoms. The number of nitrogens with zero attached hydrogens (tertiary/aromatic N) is 7. The molecule has 0 saturated carbocycles. The molecule has 2 aliphatic heterocycles. The van der Waals surface area contributed by atoms with Crippen LogP contribution in [-0.4, -0.2) is 81.1 Å². The highest BCUT2D eigenvalue weighted by molar-refractivity contribution is 7.89. The van der Waals surface area contributed by atoms with Crippen molar-refractivity contribution in [3.63, 3.8) is 0 Å². The van der Waals surface area contributed by atoms with Crippen LogP contribution < -0.4 is 0 Å². The molecule has 5 rings (SSSR count). The lowest BCUT2D eigenvalue weighted by molar-refractivity contribution is 0.144. The second-order valence-electron chi connectivity index (χ2n) is 8.70. The van der Waals surface area contributed by atoms with Crippen molar-refractivity contribution in [3.8, 4) is 5.69 Å². The van der Waals surface area contributed by atoms with Crippen molar-refractivity contribution in [2.24, 2.45) is 0 Å². The van der Waals surface area contributed by atoms with Gasteiger partial charge in [-0.1, -0.05) is 18.2 Å². The zero-order valence-electron chi connectivity index (χ0n) is 19.0. The van der Waals surface area contributed by atoms with E-state index in [4.69, 9.17) is 17.3 Å². The molecule has 0 N–H and O–H groups in total. The van der Waals surface area contributed by atoms with Gasteiger partial charge in [0.1, 0.15) is 4.90 Å². The Morgan fingerprint density at radius 3 is 2.29 bits per heavy atom. The van der Waals surface area contributed by atoms with Gasteiger partial charge in [0.15, 0.2) is 5.82 Å². The molecule has 2 aromatic heterocycles. The van der Waals surface area contributed by atoms with E-state index in [9.17, 15) is 8.42 Å². The molecule has 4 heterocycles. The van der Waals surface area contributed by atoms with Gasteiger partial charge in [-0.25, -0.2) is 13.1 Å². The minimum absolute atomic E-state index is 0.235. The minimum atomic E-state index is -3.53. The summed E-state index contributed by atoms with van der Waals surface area (Å²) in [5.41, 5.74) is 1.01. The summed E-state index contributed by atoms with van der Waals surface area (Å²) in [6.07, 6.45) is 5.42. The fraction of sp³-hybridized carbons (Fsp3) is 0.435. The van der Waals surface area contributed by atoms with E-state index in [1.165, 1.54) is 23.3 Å². The van der Waals surface area contributed by atoms with Gasteiger partial charge in [0, 0.05) is 44.3 Å². The van der Waals surface area contributed by atoms with E-state index < -0.39 is 10.0 Å². The van der Waals surface area contributed by atoms with Crippen LogP contribution in [0.1, 0.15) is 18.7 Å². The maximum Gasteiger partial charge on any atom is 0.244 e. The first kappa shape index (κ1) is 23.3. The van der Waals surface area contributed by atoms with Crippen molar-refractivity contribution >= 4 is 22.2 Å². The van der Waals surface area contributed by atoms with Crippen LogP contribution in [0.5, 0.6) is 0 Å². The highest BCUT2D eigenvalue weighted by Gasteiger charge is 2.29. The lowest BCUT2D eigenvalue weighted by Crippen LogP contribution is -2.49. The van der Waals surface area contributed by atoms with Crippen LogP contribution in [0.4, 0.5) is 0 Å². The first-order valence-corrected chi connectivity index (χ1v) is 13.5. The van der Waals surface area contributed by atoms with Crippen LogP contribution in [-0.2, 0) is 23.2 Å². The summed E-state index contributed by atoms with van der Waals surface area (Å²) in [5.74, 6) is 0.941. The van der Waals surface area contributed by atoms with Crippen molar-refractivity contribution in [1.82, 2.24) is 33.4 Å². The zero-order chi connectivity index (χ0) is 23.5. The molecule has 2 aliphatic rings. The smallest absolute Gasteiger partial charge is 0.244 e. The highest BCUT2D eigenvalue weighted by Crippen LogP contribution is 2.19. The van der Waals surface area contributed by atoms with E-state index in [0.717, 1.165) is 31.1 Å². The van der Waals surface area contributed by atoms with Gasteiger partial charge in [-0.3, -0.25) is 19.4 Å². The topological polar surface area (TPSA) is 79.5 Å². The molecule has 0 spiro atoms. The van der Waals surface area contributed by atoms with Crippen LogP contribution in [0.15, 0.2) is 59.8 Å². The van der Waals surface area contributed by atoms with Crippen LogP contribution in [0.2, 0.25) is 0 Å². The molecular weight excluding hydrogens is 470 g/mol. The number of piperazine rings is 1. The minimum Gasteiger partial charge on any atom is -0.296 e. The largest absolute Gasteiger partial charge is 0.296 e. The molecular formula is C23H29N7O2S2. The van der Waals surface area contributed by atoms with E-state index in [1.807, 2.05) is 22.9 Å². The van der Waals surface area contributed by atoms with Gasteiger partial charge in [0.2, 0.25) is 14.8 Å². The Morgan fingerprint density at radius 1 is 0.882 bits per heavy atom. The number of para-hydroxylation sites is 1. The summed E-state index contributed by atoms with van der Waals surface area (Å²) in [7, 11) is -3.53. The van der Waals surface area contributed by atoms with Crippen molar-refractivity contribution in [2.75, 3.05) is 39.3 Å². The van der Waals surface area contributed by atoms with Crippen molar-refractivity contribution in [3.05, 3.63) is 65.5 Å². The Labute approximate surface area is 205 Å². The lowest BCUT2D eigenvalue weighted by Gasteiger charge is -2.33. The molecule has 2 fully saturated rings. The summed E-state index contributed by atoms with van der Waals surface area (Å²) in [5, 5.41) is 4.91. The molecule has 3 aromatic rings. The first-order chi connectivity index (χ1) is 16.5. The lowest BCUT2D eigenvalue weighted by atomic mass is 10.3. The van der Waals surface area contributed by atoms with Crippen molar-refractivity contribution < 1.29 is 8.42 Å². The van der Waals surface area contributed by atoms with Crippen LogP contribution in [0, 0.1) is 4.77 Å². The van der Waals surface area contributed by atoms with Gasteiger partial charge in [-0.2, -0.15) is 9.40 Å². The fourth-order valence-electron chi connectivity index (χ4n) is 4.57. The number of sulfonamides is 1. The average molecular weight is 500 g/mol. The molecule has 180 valence electrons. The predicted molar refractivity (Wildman–Crippen MR) is 131 cm³/mol. The maximum absolute atomic E-state index is 12.9. The van der Waals surface area contributed by atoms with E-state index in [0.29, 0.717) is 37.6 Å². The maximum atomic E-state index is 12.9. The number of benzene rings is 1. The Balaban J connectivity index is 1.32. The Morgan fingerprint density at radius 2 is 1.62 bits per heavy atom. The second-order valence-corrected chi connectivity index (χ2v) is 11.0. The number of hydrogen-bond donors (Lipinski definition) is 0. The molecule has 0 radical (unpaired) electrons. The van der Waals surface area contributed by atoms with Crippen molar-refractivity contribution in [1.29, 1.82) is 0 Å². The van der Waals surface area contributed by atoms with E-state index in [2.05, 4.69) is 31.5 Å². The van der Waals surface area contributed by atoms with E-state index in [-0.39, 0.29) is 4.90 Å². The standard InChI is InChI=1S/C23H29N7O2S2/c31-34(32,21-9-6-10-24-17-21)28-15-13-27(14-16-28)19-29-23(33)30(20-7-2-1-3-8-20)22(25-29)18-26-11-4-5-12-26/h1-3,6-10,17H,4-5,11-16,18-19H2. The second kappa shape index (κ2) is 10.0. The molecule has 11 heteroatoms. The predicted octanol–water partition coefficient (Wildman–Crippen LogP) is 2.36. The van der Waals surface area contributed by atoms with Crippen LogP contribution >= 0.6 is 12.2 Å². The van der Waals surface area contributed by atoms with Gasteiger partial charge >= 0.3 is 0 Å². The molecule has 1 aromatic carbocycles. The normalized spacial score (nSPS) is 18.5. The van der Waals surface area contributed by atoms with Crippen LogP contribution in [0.25, 0.3) is 5.69 Å². The molecule has 0 atom stereocenters. The Hall–Kier alpha value is -2.44. The molecule has 0 bridgehead atoms. The van der Waals surface area contributed by atoms with Gasteiger partial charge in [0.25, 0.3) is 0 Å². The molecule has 0 amide bonds. The zero-order valence-corrected chi connectivity index (χ0v) is 20.7. The van der Waals surface area contributed by atoms with Gasteiger partial charge in [0.05, 0.1) is 13.2 Å². The summed E-state index contributed by atoms with van der Waals surface area (Å²) in [6, 6.07) is 13.4. The number of likely N-dealkylation sites (tertiary alicyclic amines) is 1. The Bertz CT molecular complexity index is 1260.